The summed E-state index contributed by atoms with van der Waals surface area (Å²) < 4.78 is 39.7. The van der Waals surface area contributed by atoms with E-state index >= 15 is 0 Å². The average molecular weight is 262 g/mol. The number of alkyl halides is 3. The number of nitrogens with zero attached hydrogens (tertiary/aromatic N) is 2. The highest BCUT2D eigenvalue weighted by Crippen LogP contribution is 2.36. The van der Waals surface area contributed by atoms with E-state index in [1.54, 1.807) is 0 Å². The molecule has 1 aliphatic rings. The highest BCUT2D eigenvalue weighted by Gasteiger charge is 2.43. The normalized spacial score (nSPS) is 17.9. The molecule has 1 unspecified atom stereocenters. The fraction of sp³-hybridized carbons (Fsp3) is 0.750. The van der Waals surface area contributed by atoms with Crippen molar-refractivity contribution >= 4 is 0 Å². The zero-order valence-electron chi connectivity index (χ0n) is 10.5. The molecule has 0 amide bonds. The van der Waals surface area contributed by atoms with Crippen LogP contribution in [0.1, 0.15) is 55.9 Å². The molecule has 2 heterocycles. The number of imidazole rings is 1. The lowest BCUT2D eigenvalue weighted by atomic mass is 10.1. The van der Waals surface area contributed by atoms with E-state index in [0.29, 0.717) is 24.5 Å². The second kappa shape index (κ2) is 4.57. The van der Waals surface area contributed by atoms with Crippen LogP contribution >= 0.6 is 0 Å². The Kier molecular flexibility index (Phi) is 3.40. The van der Waals surface area contributed by atoms with Crippen molar-refractivity contribution in [1.29, 1.82) is 0 Å². The van der Waals surface area contributed by atoms with E-state index in [2.05, 4.69) is 4.98 Å². The molecule has 1 aromatic rings. The van der Waals surface area contributed by atoms with Crippen molar-refractivity contribution in [3.05, 3.63) is 17.2 Å². The van der Waals surface area contributed by atoms with Crippen LogP contribution in [0.2, 0.25) is 0 Å². The third-order valence-corrected chi connectivity index (χ3v) is 3.26. The fourth-order valence-electron chi connectivity index (χ4n) is 2.41. The molecule has 0 saturated carbocycles. The molecule has 3 nitrogen and oxygen atoms in total. The summed E-state index contributed by atoms with van der Waals surface area (Å²) in [5.74, 6) is 0.694. The van der Waals surface area contributed by atoms with Crippen LogP contribution < -0.4 is 0 Å². The van der Waals surface area contributed by atoms with Crippen molar-refractivity contribution in [3.8, 4) is 0 Å². The number of fused-ring (bicyclic) bond motifs is 1. The maximum absolute atomic E-state index is 12.6. The molecule has 1 N–H and O–H groups in total. The number of aliphatic hydroxyl groups excluding tert-OH is 1. The predicted molar refractivity (Wildman–Crippen MR) is 60.3 cm³/mol. The number of halogens is 3. The molecular formula is C12H17F3N2O. The Labute approximate surface area is 104 Å². The van der Waals surface area contributed by atoms with Crippen molar-refractivity contribution in [1.82, 2.24) is 9.55 Å². The monoisotopic (exact) mass is 262 g/mol. The van der Waals surface area contributed by atoms with E-state index in [-0.39, 0.29) is 11.6 Å². The van der Waals surface area contributed by atoms with Crippen molar-refractivity contribution in [2.24, 2.45) is 0 Å². The first kappa shape index (κ1) is 13.4. The number of aliphatic hydroxyl groups is 1. The van der Waals surface area contributed by atoms with Crippen LogP contribution in [-0.2, 0) is 13.0 Å². The first-order chi connectivity index (χ1) is 8.32. The highest BCUT2D eigenvalue weighted by molar-refractivity contribution is 5.23. The van der Waals surface area contributed by atoms with E-state index in [9.17, 15) is 18.3 Å². The molecule has 1 aromatic heterocycles. The first-order valence-corrected chi connectivity index (χ1v) is 6.16. The number of hydrogen-bond acceptors (Lipinski definition) is 2. The van der Waals surface area contributed by atoms with Gasteiger partial charge < -0.3 is 9.67 Å². The van der Waals surface area contributed by atoms with Gasteiger partial charge in [-0.15, -0.1) is 0 Å². The Bertz CT molecular complexity index is 437. The Morgan fingerprint density at radius 3 is 2.50 bits per heavy atom. The van der Waals surface area contributed by atoms with Gasteiger partial charge in [-0.05, 0) is 19.3 Å². The molecule has 18 heavy (non-hydrogen) atoms. The van der Waals surface area contributed by atoms with Crippen molar-refractivity contribution < 1.29 is 18.3 Å². The SMILES string of the molecule is CC(C)c1nc(C(O)C(F)(F)F)c2n1CCCC2. The van der Waals surface area contributed by atoms with Crippen LogP contribution in [-0.4, -0.2) is 20.8 Å². The van der Waals surface area contributed by atoms with Gasteiger partial charge in [-0.2, -0.15) is 13.2 Å². The Morgan fingerprint density at radius 2 is 1.94 bits per heavy atom. The van der Waals surface area contributed by atoms with Gasteiger partial charge in [0.25, 0.3) is 0 Å². The van der Waals surface area contributed by atoms with E-state index in [4.69, 9.17) is 0 Å². The van der Waals surface area contributed by atoms with Gasteiger partial charge in [0.2, 0.25) is 0 Å². The summed E-state index contributed by atoms with van der Waals surface area (Å²) in [5, 5.41) is 9.41. The quantitative estimate of drug-likeness (QED) is 0.889. The van der Waals surface area contributed by atoms with Gasteiger partial charge in [0.1, 0.15) is 5.82 Å². The summed E-state index contributed by atoms with van der Waals surface area (Å²) in [7, 11) is 0. The minimum Gasteiger partial charge on any atom is -0.378 e. The summed E-state index contributed by atoms with van der Waals surface area (Å²) in [5.41, 5.74) is 0.348. The second-order valence-electron chi connectivity index (χ2n) is 5.01. The number of aromatic nitrogens is 2. The summed E-state index contributed by atoms with van der Waals surface area (Å²) in [6.45, 7) is 4.49. The zero-order valence-corrected chi connectivity index (χ0v) is 10.5. The van der Waals surface area contributed by atoms with Crippen LogP contribution in [0, 0.1) is 0 Å². The van der Waals surface area contributed by atoms with Crippen molar-refractivity contribution in [2.75, 3.05) is 0 Å². The molecule has 102 valence electrons. The van der Waals surface area contributed by atoms with Crippen molar-refractivity contribution in [2.45, 2.75) is 57.9 Å². The minimum absolute atomic E-state index is 0.0519. The van der Waals surface area contributed by atoms with Gasteiger partial charge in [0, 0.05) is 18.2 Å². The lowest BCUT2D eigenvalue weighted by molar-refractivity contribution is -0.208. The Morgan fingerprint density at radius 1 is 1.28 bits per heavy atom. The lowest BCUT2D eigenvalue weighted by Crippen LogP contribution is -2.23. The maximum Gasteiger partial charge on any atom is 0.420 e. The lowest BCUT2D eigenvalue weighted by Gasteiger charge is -2.20. The number of rotatable bonds is 2. The fourth-order valence-corrected chi connectivity index (χ4v) is 2.41. The molecule has 6 heteroatoms. The molecule has 2 rings (SSSR count). The molecule has 0 saturated heterocycles. The van der Waals surface area contributed by atoms with E-state index in [1.165, 1.54) is 0 Å². The average Bonchev–Trinajstić information content (AvgIpc) is 2.66. The molecule has 0 spiro atoms. The smallest absolute Gasteiger partial charge is 0.378 e. The molecule has 0 aromatic carbocycles. The summed E-state index contributed by atoms with van der Waals surface area (Å²) in [6, 6.07) is 0. The van der Waals surface area contributed by atoms with Gasteiger partial charge in [-0.3, -0.25) is 0 Å². The predicted octanol–water partition coefficient (Wildman–Crippen LogP) is 2.94. The summed E-state index contributed by atoms with van der Waals surface area (Å²) >= 11 is 0. The Hall–Kier alpha value is -1.04. The maximum atomic E-state index is 12.6. The molecule has 0 radical (unpaired) electrons. The molecule has 0 aliphatic carbocycles. The largest absolute Gasteiger partial charge is 0.420 e. The molecule has 1 atom stereocenters. The van der Waals surface area contributed by atoms with Gasteiger partial charge in [0.15, 0.2) is 6.10 Å². The van der Waals surface area contributed by atoms with Gasteiger partial charge in [-0.1, -0.05) is 13.8 Å². The highest BCUT2D eigenvalue weighted by atomic mass is 19.4. The van der Waals surface area contributed by atoms with E-state index in [1.807, 2.05) is 18.4 Å². The first-order valence-electron chi connectivity index (χ1n) is 6.16. The van der Waals surface area contributed by atoms with Gasteiger partial charge in [0.05, 0.1) is 5.69 Å². The summed E-state index contributed by atoms with van der Waals surface area (Å²) in [6.07, 6.45) is -4.76. The van der Waals surface area contributed by atoms with Crippen LogP contribution in [0.3, 0.4) is 0 Å². The third-order valence-electron chi connectivity index (χ3n) is 3.26. The van der Waals surface area contributed by atoms with Crippen LogP contribution in [0.25, 0.3) is 0 Å². The minimum atomic E-state index is -4.65. The molecule has 0 fully saturated rings. The van der Waals surface area contributed by atoms with Crippen LogP contribution in [0.5, 0.6) is 0 Å². The molecule has 0 bridgehead atoms. The Balaban J connectivity index is 2.48. The van der Waals surface area contributed by atoms with E-state index in [0.717, 1.165) is 12.8 Å². The van der Waals surface area contributed by atoms with Gasteiger partial charge >= 0.3 is 6.18 Å². The van der Waals surface area contributed by atoms with E-state index < -0.39 is 12.3 Å². The van der Waals surface area contributed by atoms with Crippen LogP contribution in [0.15, 0.2) is 0 Å². The summed E-state index contributed by atoms with van der Waals surface area (Å²) in [4.78, 5) is 4.05. The standard InChI is InChI=1S/C12H17F3N2O/c1-7(2)11-16-9(10(18)12(13,14)15)8-5-3-4-6-17(8)11/h7,10,18H,3-6H2,1-2H3. The number of hydrogen-bond donors (Lipinski definition) is 1. The molecule has 1 aliphatic heterocycles. The van der Waals surface area contributed by atoms with Gasteiger partial charge in [-0.25, -0.2) is 4.98 Å². The van der Waals surface area contributed by atoms with Crippen molar-refractivity contribution in [3.63, 3.8) is 0 Å². The molecular weight excluding hydrogens is 245 g/mol. The topological polar surface area (TPSA) is 38.1 Å². The third kappa shape index (κ3) is 2.25. The van der Waals surface area contributed by atoms with Crippen LogP contribution in [0.4, 0.5) is 13.2 Å². The second-order valence-corrected chi connectivity index (χ2v) is 5.01. The zero-order chi connectivity index (χ0) is 13.5.